The molecule has 1 saturated heterocycles. The predicted octanol–water partition coefficient (Wildman–Crippen LogP) is 0.565. The van der Waals surface area contributed by atoms with Gasteiger partial charge >= 0.3 is 0 Å². The second-order valence-electron chi connectivity index (χ2n) is 4.54. The van der Waals surface area contributed by atoms with Gasteiger partial charge in [-0.25, -0.2) is 0 Å². The van der Waals surface area contributed by atoms with Gasteiger partial charge in [0.25, 0.3) is 0 Å². The number of ether oxygens (including phenoxy) is 1. The monoisotopic (exact) mass is 200 g/mol. The van der Waals surface area contributed by atoms with E-state index in [0.29, 0.717) is 12.5 Å². The highest BCUT2D eigenvalue weighted by molar-refractivity contribution is 5.79. The first-order chi connectivity index (χ1) is 6.40. The third-order valence-corrected chi connectivity index (χ3v) is 2.73. The van der Waals surface area contributed by atoms with E-state index in [1.807, 2.05) is 13.8 Å². The molecule has 0 aromatic heterocycles. The molecule has 0 aromatic carbocycles. The van der Waals surface area contributed by atoms with Crippen LogP contribution >= 0.6 is 0 Å². The van der Waals surface area contributed by atoms with Gasteiger partial charge in [0.15, 0.2) is 0 Å². The zero-order chi connectivity index (χ0) is 10.9. The minimum Gasteiger partial charge on any atom is -0.354 e. The molecule has 0 radical (unpaired) electrons. The average molecular weight is 200 g/mol. The molecular weight excluding hydrogens is 180 g/mol. The molecule has 1 amide bonds. The molecule has 1 rings (SSSR count). The smallest absolute Gasteiger partial charge is 0.238 e. The standard InChI is InChI=1S/C10H20N2O2/c1-7(2)8-6-14-10(3,4)12(8)9(13)5-11/h7-8H,5-6,11H2,1-4H3/t8-/m1/s1. The summed E-state index contributed by atoms with van der Waals surface area (Å²) in [5.41, 5.74) is 4.88. The van der Waals surface area contributed by atoms with E-state index in [9.17, 15) is 4.79 Å². The highest BCUT2D eigenvalue weighted by atomic mass is 16.5. The predicted molar refractivity (Wildman–Crippen MR) is 54.6 cm³/mol. The summed E-state index contributed by atoms with van der Waals surface area (Å²) < 4.78 is 5.60. The Kier molecular flexibility index (Phi) is 3.17. The summed E-state index contributed by atoms with van der Waals surface area (Å²) in [6.45, 7) is 8.65. The number of hydrogen-bond acceptors (Lipinski definition) is 3. The first-order valence-corrected chi connectivity index (χ1v) is 5.06. The van der Waals surface area contributed by atoms with Crippen LogP contribution < -0.4 is 5.73 Å². The number of nitrogens with zero attached hydrogens (tertiary/aromatic N) is 1. The van der Waals surface area contributed by atoms with Crippen LogP contribution in [-0.2, 0) is 9.53 Å². The number of nitrogens with two attached hydrogens (primary N) is 1. The molecule has 0 aromatic rings. The lowest BCUT2D eigenvalue weighted by Crippen LogP contribution is -2.51. The third-order valence-electron chi connectivity index (χ3n) is 2.73. The fourth-order valence-corrected chi connectivity index (χ4v) is 1.91. The van der Waals surface area contributed by atoms with Gasteiger partial charge in [-0.2, -0.15) is 0 Å². The maximum absolute atomic E-state index is 11.7. The van der Waals surface area contributed by atoms with Crippen LogP contribution in [-0.4, -0.2) is 35.7 Å². The van der Waals surface area contributed by atoms with Crippen molar-refractivity contribution in [2.45, 2.75) is 39.5 Å². The van der Waals surface area contributed by atoms with Crippen molar-refractivity contribution in [3.8, 4) is 0 Å². The second-order valence-corrected chi connectivity index (χ2v) is 4.54. The van der Waals surface area contributed by atoms with Crippen LogP contribution in [0.1, 0.15) is 27.7 Å². The Morgan fingerprint density at radius 3 is 2.64 bits per heavy atom. The lowest BCUT2D eigenvalue weighted by atomic mass is 10.0. The van der Waals surface area contributed by atoms with Crippen LogP contribution in [0.5, 0.6) is 0 Å². The van der Waals surface area contributed by atoms with E-state index in [1.165, 1.54) is 0 Å². The summed E-state index contributed by atoms with van der Waals surface area (Å²) in [4.78, 5) is 13.4. The summed E-state index contributed by atoms with van der Waals surface area (Å²) in [5, 5.41) is 0. The Balaban J connectivity index is 2.87. The molecule has 4 heteroatoms. The fourth-order valence-electron chi connectivity index (χ4n) is 1.91. The second kappa shape index (κ2) is 3.87. The van der Waals surface area contributed by atoms with E-state index in [1.54, 1.807) is 4.90 Å². The summed E-state index contributed by atoms with van der Waals surface area (Å²) in [6, 6.07) is 0.154. The van der Waals surface area contributed by atoms with Gasteiger partial charge < -0.3 is 15.4 Å². The molecule has 4 nitrogen and oxygen atoms in total. The molecular formula is C10H20N2O2. The normalized spacial score (nSPS) is 25.9. The molecule has 2 N–H and O–H groups in total. The van der Waals surface area contributed by atoms with Gasteiger partial charge in [-0.05, 0) is 19.8 Å². The van der Waals surface area contributed by atoms with Gasteiger partial charge in [0.2, 0.25) is 5.91 Å². The Morgan fingerprint density at radius 1 is 1.64 bits per heavy atom. The lowest BCUT2D eigenvalue weighted by molar-refractivity contribution is -0.145. The highest BCUT2D eigenvalue weighted by Crippen LogP contribution is 2.30. The fraction of sp³-hybridized carbons (Fsp3) is 0.900. The molecule has 1 heterocycles. The highest BCUT2D eigenvalue weighted by Gasteiger charge is 2.44. The van der Waals surface area contributed by atoms with Crippen molar-refractivity contribution in [2.75, 3.05) is 13.2 Å². The zero-order valence-electron chi connectivity index (χ0n) is 9.41. The van der Waals surface area contributed by atoms with Crippen LogP contribution in [0.15, 0.2) is 0 Å². The number of hydrogen-bond donors (Lipinski definition) is 1. The van der Waals surface area contributed by atoms with Gasteiger partial charge in [-0.1, -0.05) is 13.8 Å². The minimum absolute atomic E-state index is 0.0359. The van der Waals surface area contributed by atoms with Crippen molar-refractivity contribution in [1.82, 2.24) is 4.90 Å². The van der Waals surface area contributed by atoms with Crippen LogP contribution in [0.2, 0.25) is 0 Å². The maximum atomic E-state index is 11.7. The van der Waals surface area contributed by atoms with Crippen molar-refractivity contribution in [2.24, 2.45) is 11.7 Å². The first-order valence-electron chi connectivity index (χ1n) is 5.06. The molecule has 0 aliphatic carbocycles. The van der Waals surface area contributed by atoms with E-state index in [-0.39, 0.29) is 18.5 Å². The average Bonchev–Trinajstić information content (AvgIpc) is 2.40. The Labute approximate surface area is 85.4 Å². The molecule has 14 heavy (non-hydrogen) atoms. The van der Waals surface area contributed by atoms with E-state index < -0.39 is 5.72 Å². The molecule has 1 fully saturated rings. The van der Waals surface area contributed by atoms with Crippen LogP contribution in [0, 0.1) is 5.92 Å². The summed E-state index contributed by atoms with van der Waals surface area (Å²) in [6.07, 6.45) is 0. The van der Waals surface area contributed by atoms with Crippen molar-refractivity contribution >= 4 is 5.91 Å². The lowest BCUT2D eigenvalue weighted by Gasteiger charge is -2.34. The Morgan fingerprint density at radius 2 is 2.21 bits per heavy atom. The quantitative estimate of drug-likeness (QED) is 0.708. The number of rotatable bonds is 2. The van der Waals surface area contributed by atoms with E-state index in [0.717, 1.165) is 0 Å². The van der Waals surface area contributed by atoms with Crippen molar-refractivity contribution in [3.63, 3.8) is 0 Å². The van der Waals surface area contributed by atoms with Gasteiger partial charge in [-0.3, -0.25) is 4.79 Å². The van der Waals surface area contributed by atoms with Gasteiger partial charge in [0, 0.05) is 0 Å². The SMILES string of the molecule is CC(C)[C@H]1COC(C)(C)N1C(=O)CN. The molecule has 1 aliphatic rings. The molecule has 1 atom stereocenters. The molecule has 0 unspecified atom stereocenters. The summed E-state index contributed by atoms with van der Waals surface area (Å²) in [7, 11) is 0. The summed E-state index contributed by atoms with van der Waals surface area (Å²) >= 11 is 0. The van der Waals surface area contributed by atoms with E-state index in [2.05, 4.69) is 13.8 Å². The number of amides is 1. The molecule has 0 spiro atoms. The Hall–Kier alpha value is -0.610. The minimum atomic E-state index is -0.509. The van der Waals surface area contributed by atoms with Gasteiger partial charge in [-0.15, -0.1) is 0 Å². The third kappa shape index (κ3) is 1.91. The van der Waals surface area contributed by atoms with Gasteiger partial charge in [0.05, 0.1) is 19.2 Å². The largest absolute Gasteiger partial charge is 0.354 e. The number of carbonyl (C=O) groups excluding carboxylic acids is 1. The van der Waals surface area contributed by atoms with Crippen molar-refractivity contribution < 1.29 is 9.53 Å². The molecule has 82 valence electrons. The topological polar surface area (TPSA) is 55.6 Å². The molecule has 1 aliphatic heterocycles. The van der Waals surface area contributed by atoms with Crippen LogP contribution in [0.25, 0.3) is 0 Å². The number of carbonyl (C=O) groups is 1. The summed E-state index contributed by atoms with van der Waals surface area (Å²) in [5.74, 6) is 0.360. The van der Waals surface area contributed by atoms with Crippen molar-refractivity contribution in [1.29, 1.82) is 0 Å². The van der Waals surface area contributed by atoms with Crippen LogP contribution in [0.3, 0.4) is 0 Å². The molecule has 0 saturated carbocycles. The van der Waals surface area contributed by atoms with Crippen LogP contribution in [0.4, 0.5) is 0 Å². The zero-order valence-corrected chi connectivity index (χ0v) is 9.41. The van der Waals surface area contributed by atoms with E-state index >= 15 is 0 Å². The van der Waals surface area contributed by atoms with E-state index in [4.69, 9.17) is 10.5 Å². The van der Waals surface area contributed by atoms with Gasteiger partial charge in [0.1, 0.15) is 5.72 Å². The van der Waals surface area contributed by atoms with Crippen molar-refractivity contribution in [3.05, 3.63) is 0 Å². The molecule has 0 bridgehead atoms. The maximum Gasteiger partial charge on any atom is 0.238 e. The first kappa shape index (κ1) is 11.5. The Bertz CT molecular complexity index is 226.